The standard InChI is InChI=1S/C9H8Br2FNO/c10-4-3-9(14)13-6-1-2-8(12)7(11)5-6/h1-2,5H,3-4H2,(H,13,14). The number of halogens is 3. The molecule has 1 rings (SSSR count). The molecule has 1 N–H and O–H groups in total. The third-order valence-corrected chi connectivity index (χ3v) is 2.53. The molecule has 0 bridgehead atoms. The second-order valence-electron chi connectivity index (χ2n) is 2.62. The summed E-state index contributed by atoms with van der Waals surface area (Å²) in [6.45, 7) is 0. The highest BCUT2D eigenvalue weighted by atomic mass is 79.9. The van der Waals surface area contributed by atoms with Gasteiger partial charge in [0.05, 0.1) is 4.47 Å². The van der Waals surface area contributed by atoms with E-state index >= 15 is 0 Å². The van der Waals surface area contributed by atoms with Crippen LogP contribution in [0.5, 0.6) is 0 Å². The lowest BCUT2D eigenvalue weighted by atomic mass is 10.3. The van der Waals surface area contributed by atoms with Crippen molar-refractivity contribution >= 4 is 43.5 Å². The smallest absolute Gasteiger partial charge is 0.225 e. The van der Waals surface area contributed by atoms with E-state index in [4.69, 9.17) is 0 Å². The zero-order valence-electron chi connectivity index (χ0n) is 7.19. The maximum absolute atomic E-state index is 12.8. The molecule has 0 aliphatic heterocycles. The Bertz CT molecular complexity index is 344. The molecule has 0 saturated carbocycles. The van der Waals surface area contributed by atoms with Crippen molar-refractivity contribution < 1.29 is 9.18 Å². The molecule has 14 heavy (non-hydrogen) atoms. The Morgan fingerprint density at radius 3 is 2.79 bits per heavy atom. The minimum Gasteiger partial charge on any atom is -0.326 e. The lowest BCUT2D eigenvalue weighted by molar-refractivity contribution is -0.115. The van der Waals surface area contributed by atoms with Gasteiger partial charge in [0, 0.05) is 17.4 Å². The van der Waals surface area contributed by atoms with Crippen molar-refractivity contribution in [1.29, 1.82) is 0 Å². The predicted molar refractivity (Wildman–Crippen MR) is 61.1 cm³/mol. The molecule has 0 heterocycles. The fourth-order valence-corrected chi connectivity index (χ4v) is 1.62. The maximum atomic E-state index is 12.8. The molecule has 0 aliphatic rings. The molecule has 0 saturated heterocycles. The summed E-state index contributed by atoms with van der Waals surface area (Å²) in [5.74, 6) is -0.441. The predicted octanol–water partition coefficient (Wildman–Crippen LogP) is 3.31. The first-order valence-electron chi connectivity index (χ1n) is 3.94. The van der Waals surface area contributed by atoms with Crippen LogP contribution in [0.2, 0.25) is 0 Å². The average molecular weight is 325 g/mol. The Balaban J connectivity index is 2.68. The third-order valence-electron chi connectivity index (χ3n) is 1.52. The molecular formula is C9H8Br2FNO. The summed E-state index contributed by atoms with van der Waals surface area (Å²) < 4.78 is 13.2. The fourth-order valence-electron chi connectivity index (χ4n) is 0.883. The highest BCUT2D eigenvalue weighted by Gasteiger charge is 2.03. The van der Waals surface area contributed by atoms with Crippen LogP contribution in [0.4, 0.5) is 10.1 Å². The molecule has 2 nitrogen and oxygen atoms in total. The molecule has 0 fully saturated rings. The number of anilines is 1. The Morgan fingerprint density at radius 2 is 2.21 bits per heavy atom. The van der Waals surface area contributed by atoms with Gasteiger partial charge in [0.25, 0.3) is 0 Å². The molecule has 0 radical (unpaired) electrons. The summed E-state index contributed by atoms with van der Waals surface area (Å²) in [7, 11) is 0. The quantitative estimate of drug-likeness (QED) is 0.849. The first kappa shape index (κ1) is 11.7. The highest BCUT2D eigenvalue weighted by Crippen LogP contribution is 2.19. The minimum atomic E-state index is -0.344. The van der Waals surface area contributed by atoms with Gasteiger partial charge >= 0.3 is 0 Å². The summed E-state index contributed by atoms with van der Waals surface area (Å²) in [5.41, 5.74) is 0.587. The average Bonchev–Trinajstić information content (AvgIpc) is 2.12. The largest absolute Gasteiger partial charge is 0.326 e. The van der Waals surface area contributed by atoms with Gasteiger partial charge in [-0.2, -0.15) is 0 Å². The van der Waals surface area contributed by atoms with Gasteiger partial charge in [-0.15, -0.1) is 0 Å². The van der Waals surface area contributed by atoms with Crippen molar-refractivity contribution in [2.24, 2.45) is 0 Å². The Morgan fingerprint density at radius 1 is 1.50 bits per heavy atom. The Labute approximate surface area is 98.1 Å². The molecule has 0 aromatic heterocycles. The summed E-state index contributed by atoms with van der Waals surface area (Å²) in [4.78, 5) is 11.2. The van der Waals surface area contributed by atoms with Crippen LogP contribution >= 0.6 is 31.9 Å². The second kappa shape index (κ2) is 5.46. The zero-order valence-corrected chi connectivity index (χ0v) is 10.4. The van der Waals surface area contributed by atoms with E-state index in [2.05, 4.69) is 37.2 Å². The van der Waals surface area contributed by atoms with Crippen LogP contribution in [0.3, 0.4) is 0 Å². The monoisotopic (exact) mass is 323 g/mol. The van der Waals surface area contributed by atoms with Gasteiger partial charge in [0.15, 0.2) is 0 Å². The molecule has 0 aliphatic carbocycles. The van der Waals surface area contributed by atoms with Crippen molar-refractivity contribution in [2.75, 3.05) is 10.6 Å². The topological polar surface area (TPSA) is 29.1 Å². The number of hydrogen-bond donors (Lipinski definition) is 1. The summed E-state index contributed by atoms with van der Waals surface area (Å²) in [6, 6.07) is 4.35. The molecule has 1 aromatic rings. The Kier molecular flexibility index (Phi) is 4.54. The number of benzene rings is 1. The van der Waals surface area contributed by atoms with Gasteiger partial charge in [-0.1, -0.05) is 15.9 Å². The van der Waals surface area contributed by atoms with E-state index in [1.807, 2.05) is 0 Å². The van der Waals surface area contributed by atoms with E-state index in [1.165, 1.54) is 18.2 Å². The van der Waals surface area contributed by atoms with Crippen molar-refractivity contribution in [2.45, 2.75) is 6.42 Å². The van der Waals surface area contributed by atoms with Crippen LogP contribution < -0.4 is 5.32 Å². The van der Waals surface area contributed by atoms with E-state index in [9.17, 15) is 9.18 Å². The normalized spacial score (nSPS) is 9.93. The van der Waals surface area contributed by atoms with Crippen molar-refractivity contribution in [1.82, 2.24) is 0 Å². The fraction of sp³-hybridized carbons (Fsp3) is 0.222. The molecule has 0 spiro atoms. The first-order valence-corrected chi connectivity index (χ1v) is 5.86. The molecule has 0 unspecified atom stereocenters. The van der Waals surface area contributed by atoms with E-state index < -0.39 is 0 Å². The lowest BCUT2D eigenvalue weighted by Crippen LogP contribution is -2.11. The number of rotatable bonds is 3. The molecular weight excluding hydrogens is 317 g/mol. The van der Waals surface area contributed by atoms with Crippen LogP contribution in [0.15, 0.2) is 22.7 Å². The number of alkyl halides is 1. The summed E-state index contributed by atoms with van der Waals surface area (Å²) in [5, 5.41) is 3.26. The number of carbonyl (C=O) groups is 1. The van der Waals surface area contributed by atoms with Gasteiger partial charge in [-0.3, -0.25) is 4.79 Å². The van der Waals surface area contributed by atoms with Gasteiger partial charge in [-0.25, -0.2) is 4.39 Å². The van der Waals surface area contributed by atoms with Crippen LogP contribution in [0.1, 0.15) is 6.42 Å². The molecule has 76 valence electrons. The first-order chi connectivity index (χ1) is 6.63. The maximum Gasteiger partial charge on any atom is 0.225 e. The van der Waals surface area contributed by atoms with Gasteiger partial charge in [0.1, 0.15) is 5.82 Å². The number of nitrogens with one attached hydrogen (secondary N) is 1. The third kappa shape index (κ3) is 3.38. The van der Waals surface area contributed by atoms with Gasteiger partial charge in [-0.05, 0) is 34.1 Å². The molecule has 1 amide bonds. The molecule has 1 aromatic carbocycles. The molecule has 5 heteroatoms. The van der Waals surface area contributed by atoms with E-state index in [0.717, 1.165) is 0 Å². The van der Waals surface area contributed by atoms with Crippen LogP contribution in [-0.2, 0) is 4.79 Å². The van der Waals surface area contributed by atoms with Crippen LogP contribution in [0, 0.1) is 5.82 Å². The second-order valence-corrected chi connectivity index (χ2v) is 4.26. The SMILES string of the molecule is O=C(CCBr)Nc1ccc(F)c(Br)c1. The van der Waals surface area contributed by atoms with E-state index in [-0.39, 0.29) is 11.7 Å². The van der Waals surface area contributed by atoms with Crippen molar-refractivity contribution in [3.05, 3.63) is 28.5 Å². The number of carbonyl (C=O) groups excluding carboxylic acids is 1. The van der Waals surface area contributed by atoms with E-state index in [1.54, 1.807) is 0 Å². The van der Waals surface area contributed by atoms with Crippen molar-refractivity contribution in [3.8, 4) is 0 Å². The summed E-state index contributed by atoms with van der Waals surface area (Å²) in [6.07, 6.45) is 0.398. The lowest BCUT2D eigenvalue weighted by Gasteiger charge is -2.04. The zero-order chi connectivity index (χ0) is 10.6. The summed E-state index contributed by atoms with van der Waals surface area (Å²) >= 11 is 6.20. The minimum absolute atomic E-state index is 0.0969. The number of amides is 1. The Hall–Kier alpha value is -0.420. The van der Waals surface area contributed by atoms with Gasteiger partial charge in [0.2, 0.25) is 5.91 Å². The molecule has 0 atom stereocenters. The van der Waals surface area contributed by atoms with Crippen LogP contribution in [-0.4, -0.2) is 11.2 Å². The highest BCUT2D eigenvalue weighted by molar-refractivity contribution is 9.10. The number of hydrogen-bond acceptors (Lipinski definition) is 1. The van der Waals surface area contributed by atoms with Crippen LogP contribution in [0.25, 0.3) is 0 Å². The van der Waals surface area contributed by atoms with E-state index in [0.29, 0.717) is 21.9 Å². The van der Waals surface area contributed by atoms with Gasteiger partial charge < -0.3 is 5.32 Å². The van der Waals surface area contributed by atoms with Crippen molar-refractivity contribution in [3.63, 3.8) is 0 Å².